The smallest absolute Gasteiger partial charge is 0.243 e. The van der Waals surface area contributed by atoms with Gasteiger partial charge in [0.2, 0.25) is 11.8 Å². The Hall–Kier alpha value is -6.61. The number of amides is 2. The molecule has 17 nitrogen and oxygen atoms in total. The van der Waals surface area contributed by atoms with Gasteiger partial charge in [-0.3, -0.25) is 29.5 Å². The van der Waals surface area contributed by atoms with Gasteiger partial charge in [-0.25, -0.2) is 0 Å². The Balaban J connectivity index is 0.703. The molecule has 17 heteroatoms. The number of H-pyrrole nitrogens is 2. The second-order valence-electron chi connectivity index (χ2n) is 19.9. The predicted molar refractivity (Wildman–Crippen MR) is 266 cm³/mol. The Kier molecular flexibility index (Phi) is 14.9. The van der Waals surface area contributed by atoms with Crippen LogP contribution in [-0.2, 0) is 21.4 Å². The Morgan fingerprint density at radius 1 is 0.957 bits per heavy atom. The van der Waals surface area contributed by atoms with Crippen LogP contribution in [0.25, 0.3) is 22.5 Å². The van der Waals surface area contributed by atoms with Gasteiger partial charge in [0.15, 0.2) is 11.6 Å². The van der Waals surface area contributed by atoms with Gasteiger partial charge in [-0.1, -0.05) is 67.2 Å². The van der Waals surface area contributed by atoms with Crippen molar-refractivity contribution in [3.8, 4) is 40.1 Å². The van der Waals surface area contributed by atoms with Gasteiger partial charge >= 0.3 is 0 Å². The maximum absolute atomic E-state index is 14.3. The minimum Gasteiger partial charge on any atom is -0.507 e. The zero-order valence-corrected chi connectivity index (χ0v) is 40.6. The zero-order valence-electron chi connectivity index (χ0n) is 40.6. The third-order valence-electron chi connectivity index (χ3n) is 14.6. The molecule has 5 aromatic rings. The summed E-state index contributed by atoms with van der Waals surface area (Å²) in [5, 5.41) is 38.8. The van der Waals surface area contributed by atoms with Gasteiger partial charge in [0.1, 0.15) is 23.5 Å². The number of rotatable bonds is 13. The third kappa shape index (κ3) is 11.2. The summed E-state index contributed by atoms with van der Waals surface area (Å²) in [4.78, 5) is 38.9. The SMILES string of the molecule is CC(C)[C@@H](C(=O)N1C[C@H](O)C[C@H]1C(=O)N[C@@H](C)c1ccc(-c2ccnn2C)cc1)c1cc(N2CCC(CN3CCC(OC4CC(C#Cc5cncc(-c6ccccc6O)[nH][nH]c5N)C4)CC3)CC2)no1. The number of piperidine rings is 2. The number of carbonyl (C=O) groups excluding carboxylic acids is 2. The van der Waals surface area contributed by atoms with Crippen molar-refractivity contribution in [2.75, 3.05) is 49.9 Å². The van der Waals surface area contributed by atoms with Crippen molar-refractivity contribution in [1.29, 1.82) is 0 Å². The number of aliphatic hydroxyl groups excluding tert-OH is 1. The van der Waals surface area contributed by atoms with Crippen molar-refractivity contribution in [1.82, 2.24) is 45.2 Å². The van der Waals surface area contributed by atoms with Crippen LogP contribution in [0.4, 0.5) is 11.6 Å². The van der Waals surface area contributed by atoms with E-state index in [4.69, 9.17) is 15.0 Å². The number of β-amino-alcohol motifs (C(OH)–C–C–N with tert-alkyl or cyclic N) is 1. The number of nitrogen functional groups attached to an aromatic ring is 1. The first-order chi connectivity index (χ1) is 33.9. The van der Waals surface area contributed by atoms with E-state index in [-0.39, 0.29) is 60.6 Å². The van der Waals surface area contributed by atoms with Crippen molar-refractivity contribution in [3.05, 3.63) is 96.1 Å². The average Bonchev–Trinajstić information content (AvgIpc) is 4.10. The van der Waals surface area contributed by atoms with E-state index in [9.17, 15) is 19.8 Å². The molecule has 7 N–H and O–H groups in total. The molecular weight excluding hydrogens is 887 g/mol. The first-order valence-electron chi connectivity index (χ1n) is 24.9. The molecular formula is C53H67N11O6. The van der Waals surface area contributed by atoms with E-state index in [1.165, 1.54) is 4.90 Å². The van der Waals surface area contributed by atoms with Crippen molar-refractivity contribution >= 4 is 23.5 Å². The van der Waals surface area contributed by atoms with Crippen LogP contribution in [0.15, 0.2) is 83.8 Å². The standard InChI is InChI=1S/C53H67N11O6/c1-33(2)50(53(68)64-32-40(65)27-46(64)52(67)57-34(3)37-11-13-38(14-12-37)45-15-20-56-61(45)4)48-28-49(60-70-48)63-23-16-35(17-24-63)31-62-21-18-41(19-22-62)69-42-25-36(26-42)9-10-39-29-55-30-44(58-59-51(39)54)43-7-5-6-8-47(43)66/h5-8,11-15,20,28-30,33-36,40-42,46,50,58-59,65-66H,16-19,21-27,31-32,54H2,1-4H3,(H,57,67)/t34-,36?,40+,42?,46-,50+/m0/s1. The van der Waals surface area contributed by atoms with Crippen LogP contribution in [0.1, 0.15) is 94.6 Å². The van der Waals surface area contributed by atoms with Gasteiger partial charge in [-0.15, -0.1) is 0 Å². The lowest BCUT2D eigenvalue weighted by molar-refractivity contribution is -0.141. The summed E-state index contributed by atoms with van der Waals surface area (Å²) in [7, 11) is 1.90. The Labute approximate surface area is 409 Å². The minimum atomic E-state index is -0.804. The number of hydrogen-bond acceptors (Lipinski definition) is 12. The van der Waals surface area contributed by atoms with Crippen LogP contribution in [0.2, 0.25) is 0 Å². The molecule has 0 radical (unpaired) electrons. The lowest BCUT2D eigenvalue weighted by atomic mass is 9.82. The fourth-order valence-corrected chi connectivity index (χ4v) is 10.4. The molecule has 0 bridgehead atoms. The highest BCUT2D eigenvalue weighted by molar-refractivity contribution is 5.91. The van der Waals surface area contributed by atoms with E-state index < -0.39 is 18.1 Å². The number of phenols is 1. The van der Waals surface area contributed by atoms with Crippen molar-refractivity contribution in [2.24, 2.45) is 24.8 Å². The van der Waals surface area contributed by atoms with E-state index >= 15 is 0 Å². The van der Waals surface area contributed by atoms with Crippen molar-refractivity contribution in [3.63, 3.8) is 0 Å². The molecule has 3 saturated heterocycles. The fraction of sp³-hybridized carbons (Fsp3) is 0.491. The number of aromatic amines is 2. The molecule has 2 aromatic carbocycles. The number of nitrogens with two attached hydrogens (primary N) is 1. The fourth-order valence-electron chi connectivity index (χ4n) is 10.4. The quantitative estimate of drug-likeness (QED) is 0.0716. The number of carbonyl (C=O) groups is 2. The number of aryl methyl sites for hydroxylation is 1. The Morgan fingerprint density at radius 2 is 1.71 bits per heavy atom. The molecule has 1 aliphatic carbocycles. The second-order valence-corrected chi connectivity index (χ2v) is 19.9. The van der Waals surface area contributed by atoms with Crippen LogP contribution in [0, 0.1) is 29.6 Å². The molecule has 0 unspecified atom stereocenters. The number of phenolic OH excluding ortho intramolecular Hbond substituents is 1. The van der Waals surface area contributed by atoms with Gasteiger partial charge in [-0.2, -0.15) is 5.10 Å². The Morgan fingerprint density at radius 3 is 2.43 bits per heavy atom. The van der Waals surface area contributed by atoms with Crippen LogP contribution in [0.3, 0.4) is 0 Å². The van der Waals surface area contributed by atoms with Crippen molar-refractivity contribution < 1.29 is 29.1 Å². The van der Waals surface area contributed by atoms with Gasteiger partial charge in [-0.05, 0) is 86.6 Å². The van der Waals surface area contributed by atoms with Crippen LogP contribution in [-0.4, -0.2) is 126 Å². The zero-order chi connectivity index (χ0) is 48.9. The molecule has 4 atom stereocenters. The van der Waals surface area contributed by atoms with Crippen LogP contribution < -0.4 is 16.0 Å². The first-order valence-corrected chi connectivity index (χ1v) is 24.9. The molecule has 9 rings (SSSR count). The number of aromatic nitrogens is 6. The summed E-state index contributed by atoms with van der Waals surface area (Å²) < 4.78 is 14.3. The molecule has 1 saturated carbocycles. The van der Waals surface area contributed by atoms with Crippen molar-refractivity contribution in [2.45, 2.75) is 102 Å². The minimum absolute atomic E-state index is 0.0813. The second kappa shape index (κ2) is 21.6. The topological polar surface area (TPSA) is 220 Å². The predicted octanol–water partition coefficient (Wildman–Crippen LogP) is 6.31. The number of aromatic hydroxyl groups is 1. The van der Waals surface area contributed by atoms with Crippen LogP contribution in [0.5, 0.6) is 5.75 Å². The number of ether oxygens (including phenoxy) is 1. The third-order valence-corrected chi connectivity index (χ3v) is 14.6. The largest absolute Gasteiger partial charge is 0.507 e. The van der Waals surface area contributed by atoms with E-state index in [1.807, 2.05) is 75.0 Å². The van der Waals surface area contributed by atoms with E-state index in [1.54, 1.807) is 36.8 Å². The highest BCUT2D eigenvalue weighted by atomic mass is 16.5. The van der Waals surface area contributed by atoms with E-state index in [0.29, 0.717) is 34.3 Å². The number of likely N-dealkylation sites (tertiary alicyclic amines) is 2. The highest BCUT2D eigenvalue weighted by Gasteiger charge is 2.44. The number of nitrogens with zero attached hydrogens (tertiary/aromatic N) is 7. The molecule has 370 valence electrons. The summed E-state index contributed by atoms with van der Waals surface area (Å²) in [6.45, 7) is 10.8. The number of benzene rings is 2. The van der Waals surface area contributed by atoms with Gasteiger partial charge in [0.05, 0.1) is 47.5 Å². The molecule has 4 aliphatic rings. The summed E-state index contributed by atoms with van der Waals surface area (Å²) in [5.41, 5.74) is 11.0. The number of hydrogen-bond donors (Lipinski definition) is 6. The summed E-state index contributed by atoms with van der Waals surface area (Å²) >= 11 is 0. The molecule has 0 spiro atoms. The molecule has 3 aromatic heterocycles. The maximum atomic E-state index is 14.3. The van der Waals surface area contributed by atoms with E-state index in [2.05, 4.69) is 52.4 Å². The highest BCUT2D eigenvalue weighted by Crippen LogP contribution is 2.36. The summed E-state index contributed by atoms with van der Waals surface area (Å²) in [6.07, 6.45) is 10.9. The first kappa shape index (κ1) is 48.4. The lowest BCUT2D eigenvalue weighted by Gasteiger charge is -2.40. The molecule has 3 aliphatic heterocycles. The normalized spacial score (nSPS) is 22.0. The van der Waals surface area contributed by atoms with Gasteiger partial charge in [0.25, 0.3) is 0 Å². The average molecular weight is 954 g/mol. The van der Waals surface area contributed by atoms with E-state index in [0.717, 1.165) is 93.9 Å². The van der Waals surface area contributed by atoms with Gasteiger partial charge < -0.3 is 45.2 Å². The van der Waals surface area contributed by atoms with Gasteiger partial charge in [0, 0.05) is 82.7 Å². The summed E-state index contributed by atoms with van der Waals surface area (Å²) in [5.74, 6) is 7.78. The number of anilines is 2. The molecule has 2 amide bonds. The summed E-state index contributed by atoms with van der Waals surface area (Å²) in [6, 6.07) is 17.8. The number of aliphatic hydroxyl groups is 1. The molecule has 4 fully saturated rings. The maximum Gasteiger partial charge on any atom is 0.243 e. The Bertz CT molecular complexity index is 2690. The van der Waals surface area contributed by atoms with Crippen LogP contribution >= 0.6 is 0 Å². The number of para-hydroxylation sites is 1. The molecule has 70 heavy (non-hydrogen) atoms. The molecule has 6 heterocycles. The lowest BCUT2D eigenvalue weighted by Crippen LogP contribution is -2.48. The number of nitrogens with one attached hydrogen (secondary N) is 3. The monoisotopic (exact) mass is 954 g/mol.